The third-order valence-corrected chi connectivity index (χ3v) is 4.40. The monoisotopic (exact) mass is 350 g/mol. The molecule has 3 rings (SSSR count). The summed E-state index contributed by atoms with van der Waals surface area (Å²) in [5.41, 5.74) is 6.73. The molecule has 0 spiro atoms. The van der Waals surface area contributed by atoms with Crippen LogP contribution in [0.4, 0.5) is 18.0 Å². The van der Waals surface area contributed by atoms with E-state index in [0.29, 0.717) is 17.5 Å². The van der Waals surface area contributed by atoms with Crippen LogP contribution in [-0.2, 0) is 17.3 Å². The van der Waals surface area contributed by atoms with Crippen molar-refractivity contribution in [2.75, 3.05) is 0 Å². The molecule has 0 saturated carbocycles. The summed E-state index contributed by atoms with van der Waals surface area (Å²) in [4.78, 5) is 14.5. The van der Waals surface area contributed by atoms with Gasteiger partial charge in [-0.3, -0.25) is 4.98 Å². The first-order valence-electron chi connectivity index (χ1n) is 7.70. The number of ether oxygens (including phenoxy) is 1. The number of primary amides is 1. The lowest BCUT2D eigenvalue weighted by Gasteiger charge is -2.26. The molecule has 1 atom stereocenters. The van der Waals surface area contributed by atoms with Gasteiger partial charge in [-0.25, -0.2) is 4.79 Å². The van der Waals surface area contributed by atoms with Gasteiger partial charge in [0.25, 0.3) is 0 Å². The number of carbonyl (C=O) groups is 1. The molecule has 1 aromatic carbocycles. The molecule has 0 bridgehead atoms. The summed E-state index contributed by atoms with van der Waals surface area (Å²) in [6, 6.07) is 7.89. The van der Waals surface area contributed by atoms with Gasteiger partial charge in [0.1, 0.15) is 11.8 Å². The maximum Gasteiger partial charge on any atom is 0.433 e. The zero-order valence-electron chi connectivity index (χ0n) is 13.7. The molecule has 0 radical (unpaired) electrons. The highest BCUT2D eigenvalue weighted by atomic mass is 19.4. The van der Waals surface area contributed by atoms with Crippen LogP contribution in [0.15, 0.2) is 36.5 Å². The first-order valence-corrected chi connectivity index (χ1v) is 7.70. The number of fused-ring (bicyclic) bond motifs is 1. The lowest BCUT2D eigenvalue weighted by atomic mass is 9.87. The molecule has 0 aliphatic heterocycles. The molecule has 1 unspecified atom stereocenters. The van der Waals surface area contributed by atoms with E-state index in [9.17, 15) is 18.0 Å². The number of hydrogen-bond donors (Lipinski definition) is 1. The number of benzene rings is 1. The maximum absolute atomic E-state index is 12.9. The predicted molar refractivity (Wildman–Crippen MR) is 85.6 cm³/mol. The van der Waals surface area contributed by atoms with Gasteiger partial charge in [0.2, 0.25) is 0 Å². The van der Waals surface area contributed by atoms with E-state index in [1.807, 2.05) is 19.9 Å². The van der Waals surface area contributed by atoms with E-state index in [0.717, 1.165) is 23.4 Å². The average Bonchev–Trinajstić information content (AvgIpc) is 2.76. The second-order valence-electron chi connectivity index (χ2n) is 6.82. The van der Waals surface area contributed by atoms with E-state index in [1.54, 1.807) is 12.1 Å². The topological polar surface area (TPSA) is 65.2 Å². The first-order chi connectivity index (χ1) is 11.6. The second kappa shape index (κ2) is 5.75. The molecule has 0 fully saturated rings. The van der Waals surface area contributed by atoms with E-state index in [1.165, 1.54) is 6.07 Å². The van der Waals surface area contributed by atoms with Gasteiger partial charge in [0.05, 0.1) is 0 Å². The summed E-state index contributed by atoms with van der Waals surface area (Å²) in [6.07, 6.45) is -4.04. The highest BCUT2D eigenvalue weighted by Gasteiger charge is 2.41. The van der Waals surface area contributed by atoms with Crippen molar-refractivity contribution < 1.29 is 22.7 Å². The molecule has 7 heteroatoms. The van der Waals surface area contributed by atoms with Gasteiger partial charge in [-0.05, 0) is 40.8 Å². The quantitative estimate of drug-likeness (QED) is 0.868. The fourth-order valence-electron chi connectivity index (χ4n) is 3.30. The lowest BCUT2D eigenvalue weighted by Crippen LogP contribution is -2.25. The van der Waals surface area contributed by atoms with Crippen LogP contribution >= 0.6 is 0 Å². The highest BCUT2D eigenvalue weighted by Crippen LogP contribution is 2.48. The minimum atomic E-state index is -4.49. The van der Waals surface area contributed by atoms with Crippen LogP contribution < -0.4 is 5.73 Å². The molecule has 1 amide bonds. The largest absolute Gasteiger partial charge is 0.441 e. The molecule has 1 aliphatic carbocycles. The summed E-state index contributed by atoms with van der Waals surface area (Å²) >= 11 is 0. The standard InChI is InChI=1S/C18H17F3N2O2/c1-17(2)9-12-7-10(3-4-13(12)15(17)25-16(22)24)11-5-6-23-14(8-11)18(19,20)21/h3-8,15H,9H2,1-2H3,(H2,22,24). The molecule has 1 heterocycles. The minimum Gasteiger partial charge on any atom is -0.441 e. The fourth-order valence-corrected chi connectivity index (χ4v) is 3.30. The molecule has 132 valence electrons. The van der Waals surface area contributed by atoms with Crippen LogP contribution in [0.3, 0.4) is 0 Å². The SMILES string of the molecule is CC1(C)Cc2cc(-c3ccnc(C(F)(F)F)c3)ccc2C1OC(N)=O. The normalized spacial score (nSPS) is 18.7. The minimum absolute atomic E-state index is 0.342. The van der Waals surface area contributed by atoms with Crippen LogP contribution in [0.2, 0.25) is 0 Å². The van der Waals surface area contributed by atoms with Crippen molar-refractivity contribution in [1.29, 1.82) is 0 Å². The number of pyridine rings is 1. The molecule has 1 aromatic heterocycles. The molecular formula is C18H17F3N2O2. The van der Waals surface area contributed by atoms with Crippen molar-refractivity contribution in [1.82, 2.24) is 4.98 Å². The molecule has 4 nitrogen and oxygen atoms in total. The van der Waals surface area contributed by atoms with Crippen molar-refractivity contribution in [2.24, 2.45) is 11.1 Å². The van der Waals surface area contributed by atoms with Gasteiger partial charge in [-0.15, -0.1) is 0 Å². The molecule has 25 heavy (non-hydrogen) atoms. The number of amides is 1. The van der Waals surface area contributed by atoms with Crippen molar-refractivity contribution in [3.05, 3.63) is 53.3 Å². The molecule has 0 saturated heterocycles. The van der Waals surface area contributed by atoms with Crippen molar-refractivity contribution in [3.63, 3.8) is 0 Å². The number of alkyl halides is 3. The van der Waals surface area contributed by atoms with Crippen molar-refractivity contribution >= 4 is 6.09 Å². The Kier molecular flexibility index (Phi) is 3.97. The Balaban J connectivity index is 2.00. The number of rotatable bonds is 2. The molecule has 2 aromatic rings. The predicted octanol–water partition coefficient (Wildman–Crippen LogP) is 4.49. The number of nitrogens with two attached hydrogens (primary N) is 1. The third kappa shape index (κ3) is 3.31. The van der Waals surface area contributed by atoms with Crippen molar-refractivity contribution in [2.45, 2.75) is 32.5 Å². The Bertz CT molecular complexity index is 831. The summed E-state index contributed by atoms with van der Waals surface area (Å²) in [6.45, 7) is 3.91. The van der Waals surface area contributed by atoms with Gasteiger partial charge < -0.3 is 10.5 Å². The summed E-state index contributed by atoms with van der Waals surface area (Å²) < 4.78 is 43.8. The van der Waals surface area contributed by atoms with Crippen LogP contribution in [-0.4, -0.2) is 11.1 Å². The number of halogens is 3. The zero-order valence-corrected chi connectivity index (χ0v) is 13.7. The van der Waals surface area contributed by atoms with Crippen LogP contribution in [0.5, 0.6) is 0 Å². The van der Waals surface area contributed by atoms with Gasteiger partial charge in [-0.1, -0.05) is 32.0 Å². The Labute approximate surface area is 142 Å². The lowest BCUT2D eigenvalue weighted by molar-refractivity contribution is -0.141. The van der Waals surface area contributed by atoms with E-state index in [2.05, 4.69) is 4.98 Å². The van der Waals surface area contributed by atoms with E-state index in [-0.39, 0.29) is 5.41 Å². The smallest absolute Gasteiger partial charge is 0.433 e. The van der Waals surface area contributed by atoms with Gasteiger partial charge in [0, 0.05) is 11.6 Å². The van der Waals surface area contributed by atoms with Crippen LogP contribution in [0, 0.1) is 5.41 Å². The fraction of sp³-hybridized carbons (Fsp3) is 0.333. The average molecular weight is 350 g/mol. The molecule has 2 N–H and O–H groups in total. The van der Waals surface area contributed by atoms with Crippen molar-refractivity contribution in [3.8, 4) is 11.1 Å². The van der Waals surface area contributed by atoms with Gasteiger partial charge in [0.15, 0.2) is 0 Å². The van der Waals surface area contributed by atoms with Gasteiger partial charge in [-0.2, -0.15) is 13.2 Å². The summed E-state index contributed by atoms with van der Waals surface area (Å²) in [5, 5.41) is 0. The van der Waals surface area contributed by atoms with E-state index in [4.69, 9.17) is 10.5 Å². The Morgan fingerprint density at radius 2 is 1.92 bits per heavy atom. The second-order valence-corrected chi connectivity index (χ2v) is 6.82. The Morgan fingerprint density at radius 1 is 1.24 bits per heavy atom. The molecular weight excluding hydrogens is 333 g/mol. The van der Waals surface area contributed by atoms with E-state index < -0.39 is 24.1 Å². The van der Waals surface area contributed by atoms with Crippen LogP contribution in [0.25, 0.3) is 11.1 Å². The molecule has 1 aliphatic rings. The van der Waals surface area contributed by atoms with Crippen LogP contribution in [0.1, 0.15) is 36.8 Å². The maximum atomic E-state index is 12.9. The highest BCUT2D eigenvalue weighted by molar-refractivity contribution is 5.68. The van der Waals surface area contributed by atoms with E-state index >= 15 is 0 Å². The number of aromatic nitrogens is 1. The van der Waals surface area contributed by atoms with Gasteiger partial charge >= 0.3 is 12.3 Å². The number of hydrogen-bond acceptors (Lipinski definition) is 3. The third-order valence-electron chi connectivity index (χ3n) is 4.40. The first kappa shape index (κ1) is 17.3. The number of nitrogens with zero attached hydrogens (tertiary/aromatic N) is 1. The number of carbonyl (C=O) groups excluding carboxylic acids is 1. The Hall–Kier alpha value is -2.57. The Morgan fingerprint density at radius 3 is 2.56 bits per heavy atom. The zero-order chi connectivity index (χ0) is 18.4. The summed E-state index contributed by atoms with van der Waals surface area (Å²) in [5.74, 6) is 0. The summed E-state index contributed by atoms with van der Waals surface area (Å²) in [7, 11) is 0.